The van der Waals surface area contributed by atoms with Gasteiger partial charge in [-0.25, -0.2) is 4.98 Å². The number of nitrogens with two attached hydrogens (primary N) is 1. The Balaban J connectivity index is 1.71. The van der Waals surface area contributed by atoms with E-state index in [1.807, 2.05) is 69.4 Å². The SMILES string of the molecule is CC(C)CC(C(=O)N1CCN(c2ccc(-c3ccccc3)cn2)C[C@H]1C)C(O)(O)C(N)=O. The molecule has 172 valence electrons. The van der Waals surface area contributed by atoms with Crippen molar-refractivity contribution in [2.24, 2.45) is 17.6 Å². The third-order valence-electron chi connectivity index (χ3n) is 5.94. The van der Waals surface area contributed by atoms with E-state index in [9.17, 15) is 19.8 Å². The summed E-state index contributed by atoms with van der Waals surface area (Å²) in [5.74, 6) is -5.18. The smallest absolute Gasteiger partial charge is 0.278 e. The number of carbonyl (C=O) groups is 2. The molecule has 0 aliphatic carbocycles. The summed E-state index contributed by atoms with van der Waals surface area (Å²) in [7, 11) is 0. The highest BCUT2D eigenvalue weighted by molar-refractivity contribution is 5.90. The van der Waals surface area contributed by atoms with Gasteiger partial charge in [-0.15, -0.1) is 0 Å². The molecule has 1 aliphatic rings. The number of anilines is 1. The van der Waals surface area contributed by atoms with Gasteiger partial charge in [0.1, 0.15) is 11.7 Å². The number of primary amides is 1. The standard InChI is InChI=1S/C24H32N4O4/c1-16(2)13-20(24(31,32)23(25)30)22(29)28-12-11-27(15-17(28)3)21-10-9-19(14-26-21)18-7-5-4-6-8-18/h4-10,14,16-17,20,31-32H,11-13,15H2,1-3H3,(H2,25,30)/t17-,20?/m1/s1. The maximum atomic E-state index is 13.2. The van der Waals surface area contributed by atoms with Crippen LogP contribution in [0, 0.1) is 11.8 Å². The number of aromatic nitrogens is 1. The first-order valence-electron chi connectivity index (χ1n) is 10.9. The highest BCUT2D eigenvalue weighted by Gasteiger charge is 2.48. The van der Waals surface area contributed by atoms with Gasteiger partial charge in [0.2, 0.25) is 5.91 Å². The van der Waals surface area contributed by atoms with Crippen LogP contribution in [0.4, 0.5) is 5.82 Å². The Hall–Kier alpha value is -2.97. The number of piperazine rings is 1. The van der Waals surface area contributed by atoms with Crippen LogP contribution in [-0.2, 0) is 9.59 Å². The fourth-order valence-electron chi connectivity index (χ4n) is 4.15. The van der Waals surface area contributed by atoms with Crippen LogP contribution in [0.3, 0.4) is 0 Å². The van der Waals surface area contributed by atoms with Crippen LogP contribution in [0.1, 0.15) is 27.2 Å². The quantitative estimate of drug-likeness (QED) is 0.563. The molecule has 1 fully saturated rings. The molecule has 2 atom stereocenters. The zero-order chi connectivity index (χ0) is 23.5. The zero-order valence-electron chi connectivity index (χ0n) is 18.8. The highest BCUT2D eigenvalue weighted by atomic mass is 16.5. The number of hydrogen-bond acceptors (Lipinski definition) is 6. The van der Waals surface area contributed by atoms with Crippen LogP contribution in [0.15, 0.2) is 48.7 Å². The second-order valence-corrected chi connectivity index (χ2v) is 8.87. The van der Waals surface area contributed by atoms with Crippen molar-refractivity contribution in [2.75, 3.05) is 24.5 Å². The minimum Gasteiger partial charge on any atom is -0.365 e. The molecule has 0 saturated carbocycles. The molecular formula is C24H32N4O4. The molecule has 2 amide bonds. The fraction of sp³-hybridized carbons (Fsp3) is 0.458. The van der Waals surface area contributed by atoms with Crippen LogP contribution in [0.2, 0.25) is 0 Å². The van der Waals surface area contributed by atoms with Crippen molar-refractivity contribution in [1.82, 2.24) is 9.88 Å². The molecule has 8 heteroatoms. The van der Waals surface area contributed by atoms with E-state index in [0.29, 0.717) is 19.6 Å². The Morgan fingerprint density at radius 2 is 1.81 bits per heavy atom. The van der Waals surface area contributed by atoms with Gasteiger partial charge in [0.15, 0.2) is 0 Å². The summed E-state index contributed by atoms with van der Waals surface area (Å²) in [6, 6.07) is 13.8. The fourth-order valence-corrected chi connectivity index (χ4v) is 4.15. The Morgan fingerprint density at radius 1 is 1.12 bits per heavy atom. The predicted molar refractivity (Wildman–Crippen MR) is 122 cm³/mol. The first kappa shape index (κ1) is 23.7. The number of nitrogens with zero attached hydrogens (tertiary/aromatic N) is 3. The van der Waals surface area contributed by atoms with E-state index < -0.39 is 23.5 Å². The molecule has 3 rings (SSSR count). The topological polar surface area (TPSA) is 120 Å². The number of carbonyl (C=O) groups excluding carboxylic acids is 2. The van der Waals surface area contributed by atoms with Gasteiger partial charge in [0, 0.05) is 37.4 Å². The maximum absolute atomic E-state index is 13.2. The minimum atomic E-state index is -2.88. The Bertz CT molecular complexity index is 931. The van der Waals surface area contributed by atoms with Gasteiger partial charge in [-0.05, 0) is 37.0 Å². The maximum Gasteiger partial charge on any atom is 0.278 e. The van der Waals surface area contributed by atoms with Crippen molar-refractivity contribution < 1.29 is 19.8 Å². The summed E-state index contributed by atoms with van der Waals surface area (Å²) in [4.78, 5) is 33.1. The molecule has 2 heterocycles. The lowest BCUT2D eigenvalue weighted by atomic mass is 9.87. The van der Waals surface area contributed by atoms with Gasteiger partial charge in [0.25, 0.3) is 11.7 Å². The van der Waals surface area contributed by atoms with Gasteiger partial charge in [0.05, 0.1) is 0 Å². The Labute approximate surface area is 188 Å². The molecule has 0 radical (unpaired) electrons. The number of benzene rings is 1. The summed E-state index contributed by atoms with van der Waals surface area (Å²) >= 11 is 0. The molecule has 0 bridgehead atoms. The second-order valence-electron chi connectivity index (χ2n) is 8.87. The third-order valence-corrected chi connectivity index (χ3v) is 5.94. The van der Waals surface area contributed by atoms with Crippen LogP contribution in [0.5, 0.6) is 0 Å². The molecular weight excluding hydrogens is 408 g/mol. The number of pyridine rings is 1. The summed E-state index contributed by atoms with van der Waals surface area (Å²) < 4.78 is 0. The van der Waals surface area contributed by atoms with Crippen LogP contribution >= 0.6 is 0 Å². The molecule has 2 aromatic rings. The first-order chi connectivity index (χ1) is 15.1. The van der Waals surface area contributed by atoms with Gasteiger partial charge in [-0.3, -0.25) is 9.59 Å². The van der Waals surface area contributed by atoms with Crippen molar-refractivity contribution >= 4 is 17.6 Å². The zero-order valence-corrected chi connectivity index (χ0v) is 18.8. The second kappa shape index (κ2) is 9.67. The molecule has 1 aliphatic heterocycles. The van der Waals surface area contributed by atoms with Crippen molar-refractivity contribution in [3.05, 3.63) is 48.7 Å². The average Bonchev–Trinajstić information content (AvgIpc) is 2.77. The summed E-state index contributed by atoms with van der Waals surface area (Å²) in [6.45, 7) is 7.06. The normalized spacial score (nSPS) is 18.0. The van der Waals surface area contributed by atoms with Gasteiger partial charge in [-0.1, -0.05) is 44.2 Å². The summed E-state index contributed by atoms with van der Waals surface area (Å²) in [5.41, 5.74) is 7.30. The van der Waals surface area contributed by atoms with E-state index >= 15 is 0 Å². The van der Waals surface area contributed by atoms with Gasteiger partial charge >= 0.3 is 0 Å². The monoisotopic (exact) mass is 440 g/mol. The lowest BCUT2D eigenvalue weighted by Gasteiger charge is -2.43. The van der Waals surface area contributed by atoms with Crippen LogP contribution in [0.25, 0.3) is 11.1 Å². The number of hydrogen-bond donors (Lipinski definition) is 3. The summed E-state index contributed by atoms with van der Waals surface area (Å²) in [6.07, 6.45) is 1.98. The van der Waals surface area contributed by atoms with Gasteiger partial charge < -0.3 is 25.7 Å². The molecule has 1 unspecified atom stereocenters. The number of aliphatic hydroxyl groups is 2. The molecule has 0 spiro atoms. The van der Waals surface area contributed by atoms with Crippen LogP contribution < -0.4 is 10.6 Å². The summed E-state index contributed by atoms with van der Waals surface area (Å²) in [5, 5.41) is 20.5. The molecule has 4 N–H and O–H groups in total. The first-order valence-corrected chi connectivity index (χ1v) is 10.9. The van der Waals surface area contributed by atoms with E-state index in [4.69, 9.17) is 5.73 Å². The third kappa shape index (κ3) is 5.08. The molecule has 1 aromatic heterocycles. The van der Waals surface area contributed by atoms with Crippen molar-refractivity contribution in [3.8, 4) is 11.1 Å². The van der Waals surface area contributed by atoms with E-state index in [0.717, 1.165) is 16.9 Å². The largest absolute Gasteiger partial charge is 0.365 e. The minimum absolute atomic E-state index is 0.0223. The van der Waals surface area contributed by atoms with E-state index in [2.05, 4.69) is 9.88 Å². The van der Waals surface area contributed by atoms with E-state index in [-0.39, 0.29) is 18.4 Å². The number of rotatable bonds is 7. The van der Waals surface area contributed by atoms with E-state index in [1.54, 1.807) is 4.90 Å². The predicted octanol–water partition coefficient (Wildman–Crippen LogP) is 1.61. The number of amides is 2. The van der Waals surface area contributed by atoms with Crippen LogP contribution in [-0.4, -0.2) is 63.4 Å². The molecule has 32 heavy (non-hydrogen) atoms. The molecule has 1 saturated heterocycles. The lowest BCUT2D eigenvalue weighted by Crippen LogP contribution is -2.61. The van der Waals surface area contributed by atoms with Crippen molar-refractivity contribution in [3.63, 3.8) is 0 Å². The highest BCUT2D eigenvalue weighted by Crippen LogP contribution is 2.28. The van der Waals surface area contributed by atoms with Crippen molar-refractivity contribution in [1.29, 1.82) is 0 Å². The molecule has 1 aromatic carbocycles. The molecule has 8 nitrogen and oxygen atoms in total. The van der Waals surface area contributed by atoms with Crippen molar-refractivity contribution in [2.45, 2.75) is 39.0 Å². The van der Waals surface area contributed by atoms with E-state index in [1.165, 1.54) is 0 Å². The Kier molecular flexibility index (Phi) is 7.16. The Morgan fingerprint density at radius 3 is 2.34 bits per heavy atom. The van der Waals surface area contributed by atoms with Gasteiger partial charge in [-0.2, -0.15) is 0 Å². The average molecular weight is 441 g/mol. The lowest BCUT2D eigenvalue weighted by molar-refractivity contribution is -0.209.